The molecule has 2 N–H and O–H groups in total. The first kappa shape index (κ1) is 18.6. The molecule has 0 saturated heterocycles. The van der Waals surface area contributed by atoms with Gasteiger partial charge in [0.1, 0.15) is 5.75 Å². The molecule has 2 aromatic heterocycles. The van der Waals surface area contributed by atoms with Gasteiger partial charge in [0.05, 0.1) is 24.0 Å². The van der Waals surface area contributed by atoms with E-state index >= 15 is 0 Å². The van der Waals surface area contributed by atoms with Crippen LogP contribution in [0.25, 0.3) is 22.2 Å². The Kier molecular flexibility index (Phi) is 4.95. The highest BCUT2D eigenvalue weighted by Gasteiger charge is 2.11. The Morgan fingerprint density at radius 3 is 2.69 bits per heavy atom. The van der Waals surface area contributed by atoms with Crippen molar-refractivity contribution in [3.05, 3.63) is 70.1 Å². The molecule has 0 radical (unpaired) electrons. The summed E-state index contributed by atoms with van der Waals surface area (Å²) >= 11 is 0. The van der Waals surface area contributed by atoms with Crippen LogP contribution in [0.1, 0.15) is 18.2 Å². The summed E-state index contributed by atoms with van der Waals surface area (Å²) in [5.41, 5.74) is 3.87. The Balaban J connectivity index is 1.73. The van der Waals surface area contributed by atoms with E-state index in [0.717, 1.165) is 28.6 Å². The maximum absolute atomic E-state index is 12.2. The summed E-state index contributed by atoms with van der Waals surface area (Å²) < 4.78 is 5.38. The summed E-state index contributed by atoms with van der Waals surface area (Å²) in [5, 5.41) is 4.04. The fourth-order valence-electron chi connectivity index (χ4n) is 3.22. The van der Waals surface area contributed by atoms with Crippen LogP contribution in [0, 0.1) is 6.92 Å². The third kappa shape index (κ3) is 3.80. The number of anilines is 2. The number of methoxy groups -OCH3 is 1. The highest BCUT2D eigenvalue weighted by atomic mass is 16.5. The molecule has 0 amide bonds. The summed E-state index contributed by atoms with van der Waals surface area (Å²) in [7, 11) is 1.58. The van der Waals surface area contributed by atoms with Gasteiger partial charge in [-0.05, 0) is 43.2 Å². The van der Waals surface area contributed by atoms with Gasteiger partial charge < -0.3 is 4.74 Å². The first-order valence-corrected chi connectivity index (χ1v) is 9.36. The second-order valence-electron chi connectivity index (χ2n) is 6.64. The molecule has 7 heteroatoms. The van der Waals surface area contributed by atoms with E-state index in [1.165, 1.54) is 11.6 Å². The highest BCUT2D eigenvalue weighted by Crippen LogP contribution is 2.28. The van der Waals surface area contributed by atoms with Crippen LogP contribution >= 0.6 is 0 Å². The van der Waals surface area contributed by atoms with Gasteiger partial charge in [-0.15, -0.1) is 0 Å². The number of hydrogen-bond donors (Lipinski definition) is 2. The van der Waals surface area contributed by atoms with Crippen molar-refractivity contribution in [1.82, 2.24) is 19.9 Å². The number of H-pyrrole nitrogens is 1. The van der Waals surface area contributed by atoms with Crippen LogP contribution in [0.4, 0.5) is 11.9 Å². The number of fused-ring (bicyclic) bond motifs is 1. The number of aryl methyl sites for hydroxylation is 2. The Bertz CT molecular complexity index is 1250. The second kappa shape index (κ2) is 7.71. The van der Waals surface area contributed by atoms with E-state index < -0.39 is 0 Å². The summed E-state index contributed by atoms with van der Waals surface area (Å²) in [4.78, 5) is 28.5. The number of aromatic amines is 1. The van der Waals surface area contributed by atoms with Crippen molar-refractivity contribution >= 4 is 22.8 Å². The average Bonchev–Trinajstić information content (AvgIpc) is 2.73. The fourth-order valence-corrected chi connectivity index (χ4v) is 3.22. The van der Waals surface area contributed by atoms with Gasteiger partial charge in [-0.25, -0.2) is 15.0 Å². The molecular weight excluding hydrogens is 366 g/mol. The Morgan fingerprint density at radius 1 is 1.07 bits per heavy atom. The van der Waals surface area contributed by atoms with Gasteiger partial charge >= 0.3 is 0 Å². The van der Waals surface area contributed by atoms with Gasteiger partial charge in [0, 0.05) is 17.0 Å². The molecule has 2 aromatic carbocycles. The molecule has 0 saturated carbocycles. The van der Waals surface area contributed by atoms with Crippen molar-refractivity contribution in [3.8, 4) is 17.0 Å². The number of benzene rings is 2. The maximum atomic E-state index is 12.2. The summed E-state index contributed by atoms with van der Waals surface area (Å²) in [6, 6.07) is 15.0. The molecule has 0 unspecified atom stereocenters. The molecule has 146 valence electrons. The zero-order valence-electron chi connectivity index (χ0n) is 16.5. The molecule has 0 aliphatic carbocycles. The van der Waals surface area contributed by atoms with Crippen molar-refractivity contribution < 1.29 is 4.74 Å². The van der Waals surface area contributed by atoms with Gasteiger partial charge in [0.2, 0.25) is 11.9 Å². The molecule has 0 bridgehead atoms. The minimum absolute atomic E-state index is 0.266. The zero-order chi connectivity index (χ0) is 20.4. The lowest BCUT2D eigenvalue weighted by Gasteiger charge is -2.10. The van der Waals surface area contributed by atoms with Gasteiger partial charge in [-0.3, -0.25) is 15.1 Å². The summed E-state index contributed by atoms with van der Waals surface area (Å²) in [6.07, 6.45) is 0.955. The minimum atomic E-state index is -0.284. The van der Waals surface area contributed by atoms with E-state index in [1.54, 1.807) is 7.11 Å². The standard InChI is InChI=1S/C22H21N5O2/c1-4-14-9-10-17-16(11-14)13(2)23-21(24-17)27-22-25-18(12-20(28)26-22)15-7-5-6-8-19(15)29-3/h5-12H,4H2,1-3H3,(H2,23,24,25,26,27,28). The Hall–Kier alpha value is -3.74. The van der Waals surface area contributed by atoms with Crippen LogP contribution in [0.5, 0.6) is 5.75 Å². The van der Waals surface area contributed by atoms with Gasteiger partial charge in [-0.1, -0.05) is 25.1 Å². The molecule has 4 aromatic rings. The number of hydrogen-bond acceptors (Lipinski definition) is 6. The molecule has 0 atom stereocenters. The van der Waals surface area contributed by atoms with E-state index in [2.05, 4.69) is 44.3 Å². The predicted molar refractivity (Wildman–Crippen MR) is 114 cm³/mol. The predicted octanol–water partition coefficient (Wildman–Crippen LogP) is 4.00. The number of nitrogens with zero attached hydrogens (tertiary/aromatic N) is 3. The lowest BCUT2D eigenvalue weighted by atomic mass is 10.1. The molecule has 0 spiro atoms. The first-order valence-electron chi connectivity index (χ1n) is 9.36. The summed E-state index contributed by atoms with van der Waals surface area (Å²) in [5.74, 6) is 1.28. The van der Waals surface area contributed by atoms with Crippen molar-refractivity contribution in [2.75, 3.05) is 12.4 Å². The normalized spacial score (nSPS) is 10.9. The van der Waals surface area contributed by atoms with E-state index in [-0.39, 0.29) is 11.5 Å². The SMILES string of the molecule is CCc1ccc2nc(Nc3nc(-c4ccccc4OC)cc(=O)[nH]3)nc(C)c2c1. The Labute approximate surface area is 167 Å². The molecule has 2 heterocycles. The van der Waals surface area contributed by atoms with Crippen molar-refractivity contribution in [2.24, 2.45) is 0 Å². The van der Waals surface area contributed by atoms with E-state index in [9.17, 15) is 4.79 Å². The topological polar surface area (TPSA) is 92.8 Å². The van der Waals surface area contributed by atoms with Crippen LogP contribution in [-0.2, 0) is 6.42 Å². The van der Waals surface area contributed by atoms with E-state index in [0.29, 0.717) is 17.4 Å². The molecule has 29 heavy (non-hydrogen) atoms. The van der Waals surface area contributed by atoms with Gasteiger partial charge in [-0.2, -0.15) is 0 Å². The third-order valence-corrected chi connectivity index (χ3v) is 4.71. The fraction of sp³-hybridized carbons (Fsp3) is 0.182. The number of rotatable bonds is 5. The molecular formula is C22H21N5O2. The lowest BCUT2D eigenvalue weighted by Crippen LogP contribution is -2.12. The number of ether oxygens (including phenoxy) is 1. The second-order valence-corrected chi connectivity index (χ2v) is 6.64. The highest BCUT2D eigenvalue weighted by molar-refractivity contribution is 5.82. The molecule has 0 aliphatic rings. The largest absolute Gasteiger partial charge is 0.496 e. The molecule has 7 nitrogen and oxygen atoms in total. The maximum Gasteiger partial charge on any atom is 0.252 e. The smallest absolute Gasteiger partial charge is 0.252 e. The first-order chi connectivity index (χ1) is 14.1. The third-order valence-electron chi connectivity index (χ3n) is 4.71. The summed E-state index contributed by atoms with van der Waals surface area (Å²) in [6.45, 7) is 4.06. The van der Waals surface area contributed by atoms with E-state index in [4.69, 9.17) is 4.74 Å². The lowest BCUT2D eigenvalue weighted by molar-refractivity contribution is 0.416. The zero-order valence-corrected chi connectivity index (χ0v) is 16.5. The van der Waals surface area contributed by atoms with E-state index in [1.807, 2.05) is 37.3 Å². The quantitative estimate of drug-likeness (QED) is 0.538. The van der Waals surface area contributed by atoms with Crippen LogP contribution < -0.4 is 15.6 Å². The molecule has 4 rings (SSSR count). The van der Waals surface area contributed by atoms with Gasteiger partial charge in [0.25, 0.3) is 5.56 Å². The van der Waals surface area contributed by atoms with Crippen molar-refractivity contribution in [1.29, 1.82) is 0 Å². The van der Waals surface area contributed by atoms with Crippen LogP contribution in [0.3, 0.4) is 0 Å². The Morgan fingerprint density at radius 2 is 1.90 bits per heavy atom. The van der Waals surface area contributed by atoms with Gasteiger partial charge in [0.15, 0.2) is 0 Å². The van der Waals surface area contributed by atoms with Crippen LogP contribution in [0.15, 0.2) is 53.3 Å². The molecule has 0 aliphatic heterocycles. The van der Waals surface area contributed by atoms with Crippen molar-refractivity contribution in [3.63, 3.8) is 0 Å². The van der Waals surface area contributed by atoms with Crippen LogP contribution in [0.2, 0.25) is 0 Å². The molecule has 0 fully saturated rings. The van der Waals surface area contributed by atoms with Crippen LogP contribution in [-0.4, -0.2) is 27.0 Å². The monoisotopic (exact) mass is 387 g/mol. The van der Waals surface area contributed by atoms with Crippen molar-refractivity contribution in [2.45, 2.75) is 20.3 Å². The minimum Gasteiger partial charge on any atom is -0.496 e. The number of nitrogens with one attached hydrogen (secondary N) is 2. The number of para-hydroxylation sites is 1. The number of aromatic nitrogens is 4. The average molecular weight is 387 g/mol.